The van der Waals surface area contributed by atoms with Crippen LogP contribution in [0.25, 0.3) is 0 Å². The van der Waals surface area contributed by atoms with Gasteiger partial charge in [-0.2, -0.15) is 0 Å². The fraction of sp³-hybridized carbons (Fsp3) is 0.462. The molecule has 0 aliphatic carbocycles. The molecule has 1 heterocycles. The average molecular weight is 217 g/mol. The van der Waals surface area contributed by atoms with Gasteiger partial charge in [-0.05, 0) is 25.8 Å². The molecule has 3 nitrogen and oxygen atoms in total. The number of carbonyl (C=O) groups excluding carboxylic acids is 1. The summed E-state index contributed by atoms with van der Waals surface area (Å²) in [5, 5.41) is 4.55. The highest BCUT2D eigenvalue weighted by atomic mass is 16.2. The Morgan fingerprint density at radius 1 is 1.31 bits per heavy atom. The van der Waals surface area contributed by atoms with Crippen LogP contribution in [0.5, 0.6) is 0 Å². The lowest BCUT2D eigenvalue weighted by Gasteiger charge is -2.25. The van der Waals surface area contributed by atoms with E-state index in [0.29, 0.717) is 6.42 Å². The zero-order valence-electron chi connectivity index (χ0n) is 9.97. The second-order valence-electron chi connectivity index (χ2n) is 4.73. The third-order valence-electron chi connectivity index (χ3n) is 3.18. The molecule has 0 saturated carbocycles. The van der Waals surface area contributed by atoms with Crippen LogP contribution in [-0.2, 0) is 11.2 Å². The minimum absolute atomic E-state index is 0.119. The molecule has 16 heavy (non-hydrogen) atoms. The molecule has 0 N–H and O–H groups in total. The number of carbonyl (C=O) groups is 1. The maximum Gasteiger partial charge on any atom is 0.243 e. The third kappa shape index (κ3) is 1.95. The van der Waals surface area contributed by atoms with Gasteiger partial charge in [-0.1, -0.05) is 30.3 Å². The van der Waals surface area contributed by atoms with Crippen molar-refractivity contribution in [1.82, 2.24) is 10.2 Å². The predicted molar refractivity (Wildman–Crippen MR) is 62.9 cm³/mol. The monoisotopic (exact) mass is 217 g/mol. The zero-order valence-corrected chi connectivity index (χ0v) is 9.97. The second-order valence-corrected chi connectivity index (χ2v) is 4.73. The summed E-state index contributed by atoms with van der Waals surface area (Å²) in [5.74, 6) is 0.119. The quantitative estimate of drug-likeness (QED) is 0.737. The Hall–Kier alpha value is -1.35. The van der Waals surface area contributed by atoms with Crippen LogP contribution in [0.15, 0.2) is 30.3 Å². The highest BCUT2D eigenvalue weighted by molar-refractivity contribution is 5.85. The zero-order chi connectivity index (χ0) is 11.8. The van der Waals surface area contributed by atoms with Crippen LogP contribution in [0.1, 0.15) is 19.4 Å². The first-order valence-electron chi connectivity index (χ1n) is 5.54. The molecule has 0 aromatic heterocycles. The van der Waals surface area contributed by atoms with Gasteiger partial charge in [0.05, 0.1) is 0 Å². The molecule has 1 aromatic carbocycles. The van der Waals surface area contributed by atoms with E-state index >= 15 is 0 Å². The van der Waals surface area contributed by atoms with Crippen molar-refractivity contribution in [2.45, 2.75) is 32.0 Å². The van der Waals surface area contributed by atoms with Gasteiger partial charge in [0.15, 0.2) is 0 Å². The number of nitrogens with zero attached hydrogens (tertiary/aromatic N) is 2. The summed E-state index contributed by atoms with van der Waals surface area (Å²) >= 11 is 0. The standard InChI is InChI=1S/C13H17N2O/c1-13(2)14-11(12(16)15(13)3)9-10-7-5-4-6-8-10/h4-8,11H,9H2,1-3H3/t11-/m0/s1. The predicted octanol–water partition coefficient (Wildman–Crippen LogP) is 1.41. The van der Waals surface area contributed by atoms with E-state index in [1.54, 1.807) is 4.90 Å². The molecule has 85 valence electrons. The van der Waals surface area contributed by atoms with Crippen molar-refractivity contribution in [3.8, 4) is 0 Å². The topological polar surface area (TPSA) is 34.4 Å². The molecule has 1 fully saturated rings. The number of benzene rings is 1. The number of likely N-dealkylation sites (N-methyl/N-ethyl adjacent to an activating group) is 1. The van der Waals surface area contributed by atoms with Gasteiger partial charge in [-0.15, -0.1) is 0 Å². The Morgan fingerprint density at radius 3 is 2.44 bits per heavy atom. The lowest BCUT2D eigenvalue weighted by atomic mass is 10.1. The molecule has 3 heteroatoms. The molecule has 1 aliphatic heterocycles. The van der Waals surface area contributed by atoms with Crippen molar-refractivity contribution in [2.24, 2.45) is 0 Å². The Labute approximate surface area is 96.5 Å². The molecule has 1 radical (unpaired) electrons. The summed E-state index contributed by atoms with van der Waals surface area (Å²) in [6.07, 6.45) is 0.702. The van der Waals surface area contributed by atoms with Crippen molar-refractivity contribution in [3.05, 3.63) is 35.9 Å². The SMILES string of the molecule is CN1C(=O)[C@H](Cc2ccccc2)[N]C1(C)C. The van der Waals surface area contributed by atoms with Crippen molar-refractivity contribution in [1.29, 1.82) is 0 Å². The van der Waals surface area contributed by atoms with Gasteiger partial charge in [-0.3, -0.25) is 4.79 Å². The molecule has 0 spiro atoms. The lowest BCUT2D eigenvalue weighted by Crippen LogP contribution is -2.41. The largest absolute Gasteiger partial charge is 0.325 e. The number of rotatable bonds is 2. The molecule has 0 bridgehead atoms. The molecular formula is C13H17N2O. The van der Waals surface area contributed by atoms with E-state index in [-0.39, 0.29) is 17.6 Å². The summed E-state index contributed by atoms with van der Waals surface area (Å²) in [4.78, 5) is 13.7. The molecular weight excluding hydrogens is 200 g/mol. The van der Waals surface area contributed by atoms with Gasteiger partial charge >= 0.3 is 0 Å². The summed E-state index contributed by atoms with van der Waals surface area (Å²) in [7, 11) is 1.82. The smallest absolute Gasteiger partial charge is 0.243 e. The van der Waals surface area contributed by atoms with E-state index in [1.807, 2.05) is 51.2 Å². The average Bonchev–Trinajstić information content (AvgIpc) is 2.44. The molecule has 2 rings (SSSR count). The Balaban J connectivity index is 2.11. The fourth-order valence-electron chi connectivity index (χ4n) is 1.99. The minimum Gasteiger partial charge on any atom is -0.325 e. The maximum absolute atomic E-state index is 12.0. The summed E-state index contributed by atoms with van der Waals surface area (Å²) in [5.41, 5.74) is 0.798. The Kier molecular flexibility index (Phi) is 2.72. The Bertz CT molecular complexity index is 386. The Morgan fingerprint density at radius 2 is 1.94 bits per heavy atom. The lowest BCUT2D eigenvalue weighted by molar-refractivity contribution is -0.129. The normalized spacial score (nSPS) is 23.8. The first-order valence-corrected chi connectivity index (χ1v) is 5.54. The van der Waals surface area contributed by atoms with E-state index in [1.165, 1.54) is 0 Å². The van der Waals surface area contributed by atoms with Crippen LogP contribution in [0.4, 0.5) is 0 Å². The minimum atomic E-state index is -0.365. The van der Waals surface area contributed by atoms with Gasteiger partial charge in [0.25, 0.3) is 0 Å². The van der Waals surface area contributed by atoms with Crippen LogP contribution < -0.4 is 5.32 Å². The molecule has 0 unspecified atom stereocenters. The number of amides is 1. The van der Waals surface area contributed by atoms with Gasteiger partial charge < -0.3 is 4.90 Å². The van der Waals surface area contributed by atoms with Gasteiger partial charge in [0, 0.05) is 7.05 Å². The van der Waals surface area contributed by atoms with Crippen LogP contribution in [-0.4, -0.2) is 29.6 Å². The molecule has 1 aliphatic rings. The summed E-state index contributed by atoms with van der Waals surface area (Å²) < 4.78 is 0. The van der Waals surface area contributed by atoms with Crippen molar-refractivity contribution in [2.75, 3.05) is 7.05 Å². The van der Waals surface area contributed by atoms with Crippen LogP contribution in [0, 0.1) is 0 Å². The number of hydrogen-bond donors (Lipinski definition) is 0. The summed E-state index contributed by atoms with van der Waals surface area (Å²) in [6.45, 7) is 3.94. The van der Waals surface area contributed by atoms with Crippen molar-refractivity contribution >= 4 is 5.91 Å². The maximum atomic E-state index is 12.0. The van der Waals surface area contributed by atoms with Crippen molar-refractivity contribution < 1.29 is 4.79 Å². The fourth-order valence-corrected chi connectivity index (χ4v) is 1.99. The van der Waals surface area contributed by atoms with Gasteiger partial charge in [0.2, 0.25) is 5.91 Å². The van der Waals surface area contributed by atoms with Crippen LogP contribution >= 0.6 is 0 Å². The van der Waals surface area contributed by atoms with Crippen LogP contribution in [0.3, 0.4) is 0 Å². The van der Waals surface area contributed by atoms with Crippen LogP contribution in [0.2, 0.25) is 0 Å². The summed E-state index contributed by atoms with van der Waals surface area (Å²) in [6, 6.07) is 9.81. The highest BCUT2D eigenvalue weighted by Crippen LogP contribution is 2.22. The van der Waals surface area contributed by atoms with E-state index in [0.717, 1.165) is 5.56 Å². The molecule has 1 aromatic rings. The third-order valence-corrected chi connectivity index (χ3v) is 3.18. The van der Waals surface area contributed by atoms with E-state index in [2.05, 4.69) is 5.32 Å². The van der Waals surface area contributed by atoms with Gasteiger partial charge in [-0.25, -0.2) is 5.32 Å². The van der Waals surface area contributed by atoms with E-state index in [9.17, 15) is 4.79 Å². The van der Waals surface area contributed by atoms with E-state index in [4.69, 9.17) is 0 Å². The first-order chi connectivity index (χ1) is 7.50. The molecule has 1 saturated heterocycles. The molecule has 1 atom stereocenters. The highest BCUT2D eigenvalue weighted by Gasteiger charge is 2.43. The second kappa shape index (κ2) is 3.91. The number of hydrogen-bond acceptors (Lipinski definition) is 1. The first kappa shape index (κ1) is 11.1. The van der Waals surface area contributed by atoms with E-state index < -0.39 is 0 Å². The molecule has 1 amide bonds. The van der Waals surface area contributed by atoms with Crippen molar-refractivity contribution in [3.63, 3.8) is 0 Å². The van der Waals surface area contributed by atoms with Gasteiger partial charge in [0.1, 0.15) is 11.7 Å².